The van der Waals surface area contributed by atoms with Crippen LogP contribution in [0.4, 0.5) is 35.1 Å². The minimum Gasteiger partial charge on any atom is -0.489 e. The van der Waals surface area contributed by atoms with Gasteiger partial charge in [0.15, 0.2) is 0 Å². The summed E-state index contributed by atoms with van der Waals surface area (Å²) in [4.78, 5) is 0. The number of halogens is 8. The van der Waals surface area contributed by atoms with Gasteiger partial charge in [-0.2, -0.15) is 8.78 Å². The van der Waals surface area contributed by atoms with Crippen LogP contribution >= 0.6 is 0 Å². The summed E-state index contributed by atoms with van der Waals surface area (Å²) >= 11 is 0. The second-order valence-corrected chi connectivity index (χ2v) is 5.79. The van der Waals surface area contributed by atoms with Gasteiger partial charge in [0.2, 0.25) is 0 Å². The van der Waals surface area contributed by atoms with Gasteiger partial charge >= 0.3 is 12.5 Å². The van der Waals surface area contributed by atoms with E-state index in [-0.39, 0.29) is 17.7 Å². The fourth-order valence-electron chi connectivity index (χ4n) is 2.42. The zero-order valence-corrected chi connectivity index (χ0v) is 14.3. The maximum Gasteiger partial charge on any atom is 0.527 e. The Kier molecular flexibility index (Phi) is 6.53. The van der Waals surface area contributed by atoms with Crippen LogP contribution in [-0.2, 0) is 23.9 Å². The average molecular weight is 414 g/mol. The second kappa shape index (κ2) is 8.34. The van der Waals surface area contributed by atoms with Crippen molar-refractivity contribution in [1.82, 2.24) is 0 Å². The first-order chi connectivity index (χ1) is 12.9. The molecule has 2 aromatic carbocycles. The standard InChI is InChI=1S/C18H14F8O2/c1-2-3-10-4-5-11(13(19)6-10)9-27-12-7-14(20)16(15(21)8-12)17(22,23)28-18(24,25)26/h4-8H,2-3,9H2,1H3. The average Bonchev–Trinajstić information content (AvgIpc) is 2.51. The highest BCUT2D eigenvalue weighted by Crippen LogP contribution is 2.39. The van der Waals surface area contributed by atoms with Crippen molar-refractivity contribution in [3.63, 3.8) is 0 Å². The molecular formula is C18H14F8O2. The Balaban J connectivity index is 2.19. The molecule has 0 saturated heterocycles. The SMILES string of the molecule is CCCc1ccc(COc2cc(F)c(C(F)(F)OC(F)(F)F)c(F)c2)c(F)c1. The molecule has 0 fully saturated rings. The summed E-state index contributed by atoms with van der Waals surface area (Å²) in [6, 6.07) is 4.81. The van der Waals surface area contributed by atoms with Crippen LogP contribution in [0.15, 0.2) is 30.3 Å². The first-order valence-electron chi connectivity index (χ1n) is 7.97. The number of aryl methyl sites for hydroxylation is 1. The van der Waals surface area contributed by atoms with Crippen molar-refractivity contribution >= 4 is 0 Å². The molecule has 0 aromatic heterocycles. The predicted molar refractivity (Wildman–Crippen MR) is 82.1 cm³/mol. The first kappa shape index (κ1) is 21.9. The van der Waals surface area contributed by atoms with Crippen LogP contribution in [0.3, 0.4) is 0 Å². The lowest BCUT2D eigenvalue weighted by atomic mass is 10.1. The van der Waals surface area contributed by atoms with E-state index in [9.17, 15) is 35.1 Å². The Morgan fingerprint density at radius 1 is 0.857 bits per heavy atom. The third kappa shape index (κ3) is 5.57. The van der Waals surface area contributed by atoms with Gasteiger partial charge in [-0.1, -0.05) is 25.5 Å². The largest absolute Gasteiger partial charge is 0.527 e. The van der Waals surface area contributed by atoms with Crippen molar-refractivity contribution in [2.75, 3.05) is 0 Å². The van der Waals surface area contributed by atoms with Gasteiger partial charge in [-0.05, 0) is 18.1 Å². The van der Waals surface area contributed by atoms with E-state index in [1.807, 2.05) is 6.92 Å². The number of ether oxygens (including phenoxy) is 2. The van der Waals surface area contributed by atoms with E-state index in [2.05, 4.69) is 4.74 Å². The lowest BCUT2D eigenvalue weighted by molar-refractivity contribution is -0.432. The van der Waals surface area contributed by atoms with Crippen molar-refractivity contribution in [3.05, 3.63) is 64.5 Å². The van der Waals surface area contributed by atoms with Gasteiger partial charge in [0.1, 0.15) is 35.4 Å². The smallest absolute Gasteiger partial charge is 0.489 e. The Bertz CT molecular complexity index is 810. The Labute approximate surface area is 154 Å². The molecule has 0 aliphatic carbocycles. The monoisotopic (exact) mass is 414 g/mol. The highest BCUT2D eigenvalue weighted by Gasteiger charge is 2.49. The number of rotatable bonds is 7. The molecule has 0 aliphatic rings. The van der Waals surface area contributed by atoms with E-state index in [1.54, 1.807) is 6.07 Å². The topological polar surface area (TPSA) is 18.5 Å². The van der Waals surface area contributed by atoms with Gasteiger partial charge in [-0.15, -0.1) is 13.2 Å². The van der Waals surface area contributed by atoms with Crippen LogP contribution in [0.2, 0.25) is 0 Å². The van der Waals surface area contributed by atoms with Crippen LogP contribution in [0, 0.1) is 17.5 Å². The first-order valence-corrected chi connectivity index (χ1v) is 7.97. The molecule has 2 rings (SSSR count). The van der Waals surface area contributed by atoms with Crippen LogP contribution < -0.4 is 4.74 Å². The molecule has 2 nitrogen and oxygen atoms in total. The summed E-state index contributed by atoms with van der Waals surface area (Å²) in [7, 11) is 0. The molecule has 0 heterocycles. The van der Waals surface area contributed by atoms with E-state index >= 15 is 0 Å². The molecule has 10 heteroatoms. The maximum atomic E-state index is 14.0. The van der Waals surface area contributed by atoms with Crippen LogP contribution in [0.1, 0.15) is 30.0 Å². The van der Waals surface area contributed by atoms with Gasteiger partial charge in [0.25, 0.3) is 0 Å². The second-order valence-electron chi connectivity index (χ2n) is 5.79. The summed E-state index contributed by atoms with van der Waals surface area (Å²) in [6.45, 7) is 1.43. The maximum absolute atomic E-state index is 14.0. The molecule has 0 spiro atoms. The van der Waals surface area contributed by atoms with E-state index in [0.717, 1.165) is 12.0 Å². The van der Waals surface area contributed by atoms with Crippen molar-refractivity contribution in [3.8, 4) is 5.75 Å². The summed E-state index contributed by atoms with van der Waals surface area (Å²) in [5, 5.41) is 0. The molecule has 0 saturated carbocycles. The summed E-state index contributed by atoms with van der Waals surface area (Å²) < 4.78 is 112. The van der Waals surface area contributed by atoms with Crippen LogP contribution in [-0.4, -0.2) is 6.36 Å². The minimum absolute atomic E-state index is 0.0375. The number of hydrogen-bond acceptors (Lipinski definition) is 2. The lowest BCUT2D eigenvalue weighted by Gasteiger charge is -2.20. The molecule has 28 heavy (non-hydrogen) atoms. The molecule has 154 valence electrons. The molecule has 2 aromatic rings. The van der Waals surface area contributed by atoms with E-state index < -0.39 is 47.8 Å². The van der Waals surface area contributed by atoms with Crippen molar-refractivity contribution in [1.29, 1.82) is 0 Å². The molecule has 0 aliphatic heterocycles. The summed E-state index contributed by atoms with van der Waals surface area (Å²) in [5.74, 6) is -5.27. The highest BCUT2D eigenvalue weighted by molar-refractivity contribution is 5.33. The summed E-state index contributed by atoms with van der Waals surface area (Å²) in [6.07, 6.45) is -9.67. The molecule has 0 amide bonds. The van der Waals surface area contributed by atoms with Gasteiger partial charge in [0.05, 0.1) is 0 Å². The van der Waals surface area contributed by atoms with E-state index in [0.29, 0.717) is 6.42 Å². The summed E-state index contributed by atoms with van der Waals surface area (Å²) in [5.41, 5.74) is -1.44. The lowest BCUT2D eigenvalue weighted by Crippen LogP contribution is -2.29. The Morgan fingerprint density at radius 2 is 1.46 bits per heavy atom. The normalized spacial score (nSPS) is 12.3. The molecule has 0 N–H and O–H groups in total. The van der Waals surface area contributed by atoms with Crippen molar-refractivity contribution in [2.24, 2.45) is 0 Å². The third-order valence-corrected chi connectivity index (χ3v) is 3.60. The minimum atomic E-state index is -5.82. The molecule has 0 bridgehead atoms. The molecular weight excluding hydrogens is 400 g/mol. The van der Waals surface area contributed by atoms with Gasteiger partial charge in [-0.3, -0.25) is 0 Å². The quantitative estimate of drug-likeness (QED) is 0.501. The molecule has 0 unspecified atom stereocenters. The zero-order chi connectivity index (χ0) is 21.1. The fourth-order valence-corrected chi connectivity index (χ4v) is 2.42. The van der Waals surface area contributed by atoms with E-state index in [1.165, 1.54) is 12.1 Å². The van der Waals surface area contributed by atoms with Gasteiger partial charge < -0.3 is 4.74 Å². The highest BCUT2D eigenvalue weighted by atomic mass is 19.4. The van der Waals surface area contributed by atoms with Gasteiger partial charge in [0, 0.05) is 17.7 Å². The zero-order valence-electron chi connectivity index (χ0n) is 14.3. The van der Waals surface area contributed by atoms with Gasteiger partial charge in [-0.25, -0.2) is 17.9 Å². The van der Waals surface area contributed by atoms with Crippen LogP contribution in [0.5, 0.6) is 5.75 Å². The third-order valence-electron chi connectivity index (χ3n) is 3.60. The fraction of sp³-hybridized carbons (Fsp3) is 0.333. The number of hydrogen-bond donors (Lipinski definition) is 0. The van der Waals surface area contributed by atoms with Crippen molar-refractivity contribution in [2.45, 2.75) is 38.8 Å². The molecule has 0 radical (unpaired) electrons. The van der Waals surface area contributed by atoms with E-state index in [4.69, 9.17) is 4.74 Å². The Morgan fingerprint density at radius 3 is 1.96 bits per heavy atom. The number of benzene rings is 2. The number of alkyl halides is 5. The molecule has 0 atom stereocenters. The Hall–Kier alpha value is -2.36. The van der Waals surface area contributed by atoms with Crippen LogP contribution in [0.25, 0.3) is 0 Å². The predicted octanol–water partition coefficient (Wildman–Crippen LogP) is 6.22. The van der Waals surface area contributed by atoms with Crippen molar-refractivity contribution < 1.29 is 44.6 Å².